The largest absolute Gasteiger partial charge is 0.505 e. The summed E-state index contributed by atoms with van der Waals surface area (Å²) in [4.78, 5) is 10.6. The van der Waals surface area contributed by atoms with Gasteiger partial charge in [-0.1, -0.05) is 6.07 Å². The van der Waals surface area contributed by atoms with Gasteiger partial charge < -0.3 is 10.2 Å². The van der Waals surface area contributed by atoms with Crippen molar-refractivity contribution in [3.8, 4) is 5.75 Å². The van der Waals surface area contributed by atoms with Crippen molar-refractivity contribution >= 4 is 21.9 Å². The van der Waals surface area contributed by atoms with Gasteiger partial charge in [-0.25, -0.2) is 9.93 Å². The lowest BCUT2D eigenvalue weighted by Gasteiger charge is -2.07. The second-order valence-corrected chi connectivity index (χ2v) is 3.95. The Hall–Kier alpha value is -1.80. The van der Waals surface area contributed by atoms with Gasteiger partial charge in [0.1, 0.15) is 5.56 Å². The van der Waals surface area contributed by atoms with Gasteiger partial charge >= 0.3 is 5.97 Å². The van der Waals surface area contributed by atoms with E-state index in [2.05, 4.69) is 5.14 Å². The van der Waals surface area contributed by atoms with Gasteiger partial charge in [-0.05, 0) is 12.1 Å². The summed E-state index contributed by atoms with van der Waals surface area (Å²) in [5.74, 6) is -2.05. The number of anilines is 1. The quantitative estimate of drug-likeness (QED) is 0.532. The minimum absolute atomic E-state index is 0.280. The summed E-state index contributed by atoms with van der Waals surface area (Å²) in [5, 5.41) is 22.6. The summed E-state index contributed by atoms with van der Waals surface area (Å²) in [6.07, 6.45) is 0. The number of para-hydroxylation sites is 1. The zero-order valence-electron chi connectivity index (χ0n) is 7.34. The van der Waals surface area contributed by atoms with E-state index in [0.717, 1.165) is 6.07 Å². The highest BCUT2D eigenvalue weighted by Gasteiger charge is 2.14. The van der Waals surface area contributed by atoms with Crippen LogP contribution in [-0.4, -0.2) is 24.6 Å². The maximum Gasteiger partial charge on any atom is 0.339 e. The van der Waals surface area contributed by atoms with Crippen LogP contribution < -0.4 is 9.86 Å². The molecule has 0 aliphatic carbocycles. The maximum absolute atomic E-state index is 10.6. The third-order valence-electron chi connectivity index (χ3n) is 1.52. The Bertz CT molecular complexity index is 496. The SMILES string of the molecule is NS(=O)(=O)Nc1cccc(C(=O)O)c1O. The van der Waals surface area contributed by atoms with Gasteiger partial charge in [0.05, 0.1) is 5.69 Å². The molecule has 0 radical (unpaired) electrons. The minimum atomic E-state index is -4.05. The number of phenols is 1. The molecule has 0 amide bonds. The van der Waals surface area contributed by atoms with E-state index in [0.29, 0.717) is 0 Å². The highest BCUT2D eigenvalue weighted by atomic mass is 32.2. The van der Waals surface area contributed by atoms with E-state index in [4.69, 9.17) is 5.11 Å². The first-order valence-electron chi connectivity index (χ1n) is 3.67. The predicted octanol–water partition coefficient (Wildman–Crippen LogP) is -0.294. The average molecular weight is 232 g/mol. The van der Waals surface area contributed by atoms with Crippen LogP contribution in [0.3, 0.4) is 0 Å². The molecule has 7 nitrogen and oxygen atoms in total. The number of nitrogens with two attached hydrogens (primary N) is 1. The number of hydrogen-bond donors (Lipinski definition) is 4. The number of hydrogen-bond acceptors (Lipinski definition) is 4. The maximum atomic E-state index is 10.6. The number of carboxylic acids is 1. The molecular weight excluding hydrogens is 224 g/mol. The summed E-state index contributed by atoms with van der Waals surface area (Å²) >= 11 is 0. The van der Waals surface area contributed by atoms with Crippen molar-refractivity contribution in [2.45, 2.75) is 0 Å². The van der Waals surface area contributed by atoms with E-state index in [1.165, 1.54) is 12.1 Å². The molecule has 1 aromatic carbocycles. The zero-order valence-corrected chi connectivity index (χ0v) is 8.15. The molecule has 5 N–H and O–H groups in total. The van der Waals surface area contributed by atoms with E-state index in [1.807, 2.05) is 0 Å². The van der Waals surface area contributed by atoms with Crippen LogP contribution in [0.1, 0.15) is 10.4 Å². The molecule has 8 heteroatoms. The molecule has 0 saturated carbocycles. The third kappa shape index (κ3) is 2.82. The Kier molecular flexibility index (Phi) is 2.82. The van der Waals surface area contributed by atoms with Crippen LogP contribution in [0.15, 0.2) is 18.2 Å². The van der Waals surface area contributed by atoms with Crippen LogP contribution in [-0.2, 0) is 10.2 Å². The van der Waals surface area contributed by atoms with Crippen molar-refractivity contribution in [1.82, 2.24) is 0 Å². The number of rotatable bonds is 3. The van der Waals surface area contributed by atoms with E-state index in [1.54, 1.807) is 4.72 Å². The molecule has 0 spiro atoms. The first kappa shape index (κ1) is 11.3. The highest BCUT2D eigenvalue weighted by molar-refractivity contribution is 7.90. The minimum Gasteiger partial charge on any atom is -0.505 e. The standard InChI is InChI=1S/C7H8N2O5S/c8-15(13,14)9-5-3-1-2-4(6(5)10)7(11)12/h1-3,9-10H,(H,11,12)(H2,8,13,14). The van der Waals surface area contributed by atoms with Crippen molar-refractivity contribution in [2.75, 3.05) is 4.72 Å². The Labute approximate surface area is 85.3 Å². The molecule has 1 rings (SSSR count). The highest BCUT2D eigenvalue weighted by Crippen LogP contribution is 2.27. The molecule has 82 valence electrons. The van der Waals surface area contributed by atoms with Crippen LogP contribution in [0.5, 0.6) is 5.75 Å². The lowest BCUT2D eigenvalue weighted by atomic mass is 10.2. The first-order chi connectivity index (χ1) is 6.81. The molecule has 0 fully saturated rings. The molecule has 0 aliphatic rings. The van der Waals surface area contributed by atoms with Crippen molar-refractivity contribution in [3.05, 3.63) is 23.8 Å². The molecule has 15 heavy (non-hydrogen) atoms. The Morgan fingerprint density at radius 2 is 2.00 bits per heavy atom. The molecule has 0 aliphatic heterocycles. The fourth-order valence-electron chi connectivity index (χ4n) is 0.952. The van der Waals surface area contributed by atoms with E-state index in [-0.39, 0.29) is 5.69 Å². The van der Waals surface area contributed by atoms with Gasteiger partial charge in [-0.15, -0.1) is 0 Å². The predicted molar refractivity (Wildman–Crippen MR) is 51.8 cm³/mol. The Balaban J connectivity index is 3.22. The van der Waals surface area contributed by atoms with Crippen LogP contribution in [0.2, 0.25) is 0 Å². The van der Waals surface area contributed by atoms with Crippen molar-refractivity contribution in [3.63, 3.8) is 0 Å². The molecule has 0 aromatic heterocycles. The van der Waals surface area contributed by atoms with Gasteiger partial charge in [0.25, 0.3) is 10.2 Å². The van der Waals surface area contributed by atoms with E-state index >= 15 is 0 Å². The second-order valence-electron chi connectivity index (χ2n) is 2.65. The van der Waals surface area contributed by atoms with Crippen molar-refractivity contribution < 1.29 is 23.4 Å². The second kappa shape index (κ2) is 3.75. The van der Waals surface area contributed by atoms with Gasteiger partial charge in [0, 0.05) is 0 Å². The summed E-state index contributed by atoms with van der Waals surface area (Å²) in [7, 11) is -4.05. The van der Waals surface area contributed by atoms with Crippen LogP contribution in [0.4, 0.5) is 5.69 Å². The summed E-state index contributed by atoms with van der Waals surface area (Å²) in [5.41, 5.74) is -0.693. The fourth-order valence-corrected chi connectivity index (χ4v) is 1.42. The van der Waals surface area contributed by atoms with Crippen LogP contribution in [0.25, 0.3) is 0 Å². The van der Waals surface area contributed by atoms with Crippen LogP contribution >= 0.6 is 0 Å². The normalized spacial score (nSPS) is 11.0. The Morgan fingerprint density at radius 3 is 2.47 bits per heavy atom. The molecular formula is C7H8N2O5S. The first-order valence-corrected chi connectivity index (χ1v) is 5.21. The van der Waals surface area contributed by atoms with Gasteiger partial charge in [-0.2, -0.15) is 8.42 Å². The van der Waals surface area contributed by atoms with Crippen LogP contribution in [0, 0.1) is 0 Å². The number of benzene rings is 1. The topological polar surface area (TPSA) is 130 Å². The lowest BCUT2D eigenvalue weighted by Crippen LogP contribution is -2.22. The number of carbonyl (C=O) groups is 1. The van der Waals surface area contributed by atoms with Gasteiger partial charge in [-0.3, -0.25) is 4.72 Å². The molecule has 1 aromatic rings. The van der Waals surface area contributed by atoms with E-state index < -0.39 is 27.5 Å². The number of carboxylic acid groups (broad SMARTS) is 1. The number of nitrogens with one attached hydrogen (secondary N) is 1. The van der Waals surface area contributed by atoms with Gasteiger partial charge in [0.15, 0.2) is 5.75 Å². The van der Waals surface area contributed by atoms with Crippen molar-refractivity contribution in [1.29, 1.82) is 0 Å². The summed E-state index contributed by atoms with van der Waals surface area (Å²) in [6.45, 7) is 0. The monoisotopic (exact) mass is 232 g/mol. The summed E-state index contributed by atoms with van der Waals surface area (Å²) in [6, 6.07) is 3.59. The average Bonchev–Trinajstić information content (AvgIpc) is 2.05. The summed E-state index contributed by atoms with van der Waals surface area (Å²) < 4.78 is 23.1. The molecule has 0 heterocycles. The Morgan fingerprint density at radius 1 is 1.40 bits per heavy atom. The van der Waals surface area contributed by atoms with Gasteiger partial charge in [0.2, 0.25) is 0 Å². The fraction of sp³-hybridized carbons (Fsp3) is 0. The lowest BCUT2D eigenvalue weighted by molar-refractivity contribution is 0.0694. The molecule has 0 bridgehead atoms. The third-order valence-corrected chi connectivity index (χ3v) is 2.02. The number of aromatic carboxylic acids is 1. The van der Waals surface area contributed by atoms with E-state index in [9.17, 15) is 18.3 Å². The van der Waals surface area contributed by atoms with Crippen molar-refractivity contribution in [2.24, 2.45) is 5.14 Å². The zero-order chi connectivity index (χ0) is 11.6. The molecule has 0 unspecified atom stereocenters. The number of aromatic hydroxyl groups is 1. The molecule has 0 atom stereocenters. The smallest absolute Gasteiger partial charge is 0.339 e. The molecule has 0 saturated heterocycles.